The van der Waals surface area contributed by atoms with Crippen LogP contribution in [-0.4, -0.2) is 23.8 Å². The van der Waals surface area contributed by atoms with Gasteiger partial charge >= 0.3 is 0 Å². The van der Waals surface area contributed by atoms with Crippen LogP contribution in [0.5, 0.6) is 0 Å². The number of carbonyl (C=O) groups excluding carboxylic acids is 1. The van der Waals surface area contributed by atoms with Crippen molar-refractivity contribution < 1.29 is 9.72 Å². The van der Waals surface area contributed by atoms with Crippen LogP contribution >= 0.6 is 0 Å². The first-order valence-corrected chi connectivity index (χ1v) is 6.51. The quantitative estimate of drug-likeness (QED) is 0.515. The van der Waals surface area contributed by atoms with Crippen molar-refractivity contribution in [2.45, 2.75) is 26.7 Å². The summed E-state index contributed by atoms with van der Waals surface area (Å²) in [6.07, 6.45) is 1.61. The van der Waals surface area contributed by atoms with Crippen molar-refractivity contribution in [3.63, 3.8) is 0 Å². The van der Waals surface area contributed by atoms with Gasteiger partial charge in [0.15, 0.2) is 5.78 Å². The Hall–Kier alpha value is -1.75. The van der Waals surface area contributed by atoms with Gasteiger partial charge in [-0.2, -0.15) is 0 Å². The van der Waals surface area contributed by atoms with Crippen molar-refractivity contribution in [3.8, 4) is 0 Å². The number of hydrogen-bond acceptors (Lipinski definition) is 4. The molecule has 1 fully saturated rings. The van der Waals surface area contributed by atoms with Crippen LogP contribution < -0.4 is 5.32 Å². The Kier molecular flexibility index (Phi) is 3.95. The minimum atomic E-state index is -0.415. The summed E-state index contributed by atoms with van der Waals surface area (Å²) in [5.74, 6) is 0.0238. The van der Waals surface area contributed by atoms with E-state index in [0.29, 0.717) is 11.1 Å². The van der Waals surface area contributed by atoms with Gasteiger partial charge in [0.05, 0.1) is 4.92 Å². The SMILES string of the molecule is Cc1cc(C(=O)C2CCNCC2)cc([N+](=O)[O-])c1C. The third-order valence-corrected chi connectivity index (χ3v) is 3.83. The summed E-state index contributed by atoms with van der Waals surface area (Å²) >= 11 is 0. The third kappa shape index (κ3) is 2.81. The smallest absolute Gasteiger partial charge is 0.273 e. The molecular weight excluding hydrogens is 244 g/mol. The Morgan fingerprint density at radius 1 is 1.32 bits per heavy atom. The highest BCUT2D eigenvalue weighted by Gasteiger charge is 2.25. The first-order valence-electron chi connectivity index (χ1n) is 6.51. The molecule has 0 spiro atoms. The summed E-state index contributed by atoms with van der Waals surface area (Å²) in [5.41, 5.74) is 1.94. The number of ketones is 1. The van der Waals surface area contributed by atoms with E-state index in [1.165, 1.54) is 6.07 Å². The molecule has 102 valence electrons. The van der Waals surface area contributed by atoms with E-state index >= 15 is 0 Å². The highest BCUT2D eigenvalue weighted by molar-refractivity contribution is 5.98. The molecule has 1 heterocycles. The number of benzene rings is 1. The monoisotopic (exact) mass is 262 g/mol. The van der Waals surface area contributed by atoms with Gasteiger partial charge in [0.1, 0.15) is 0 Å². The zero-order valence-electron chi connectivity index (χ0n) is 11.2. The number of nitro groups is 1. The first-order chi connectivity index (χ1) is 9.00. The Balaban J connectivity index is 2.34. The third-order valence-electron chi connectivity index (χ3n) is 3.83. The molecule has 1 aromatic rings. The number of piperidine rings is 1. The van der Waals surface area contributed by atoms with Crippen molar-refractivity contribution in [2.24, 2.45) is 5.92 Å². The molecule has 0 saturated carbocycles. The van der Waals surface area contributed by atoms with E-state index in [2.05, 4.69) is 5.32 Å². The molecule has 1 N–H and O–H groups in total. The van der Waals surface area contributed by atoms with Gasteiger partial charge < -0.3 is 5.32 Å². The van der Waals surface area contributed by atoms with Crippen LogP contribution in [0, 0.1) is 29.9 Å². The van der Waals surface area contributed by atoms with Gasteiger partial charge in [-0.3, -0.25) is 14.9 Å². The number of aryl methyl sites for hydroxylation is 1. The molecule has 0 amide bonds. The second-order valence-corrected chi connectivity index (χ2v) is 5.08. The molecule has 0 unspecified atom stereocenters. The number of nitrogens with zero attached hydrogens (tertiary/aromatic N) is 1. The van der Waals surface area contributed by atoms with Gasteiger partial charge in [-0.05, 0) is 51.4 Å². The molecule has 2 rings (SSSR count). The van der Waals surface area contributed by atoms with Crippen molar-refractivity contribution in [3.05, 3.63) is 38.9 Å². The van der Waals surface area contributed by atoms with E-state index < -0.39 is 4.92 Å². The largest absolute Gasteiger partial charge is 0.317 e. The van der Waals surface area contributed by atoms with Crippen molar-refractivity contribution in [2.75, 3.05) is 13.1 Å². The van der Waals surface area contributed by atoms with E-state index in [9.17, 15) is 14.9 Å². The van der Waals surface area contributed by atoms with E-state index in [1.807, 2.05) is 6.92 Å². The fourth-order valence-corrected chi connectivity index (χ4v) is 2.49. The van der Waals surface area contributed by atoms with Crippen LogP contribution in [0.3, 0.4) is 0 Å². The number of Topliss-reactive ketones (excluding diaryl/α,β-unsaturated/α-hetero) is 1. The predicted octanol–water partition coefficient (Wildman–Crippen LogP) is 2.39. The van der Waals surface area contributed by atoms with E-state index in [1.54, 1.807) is 13.0 Å². The molecule has 19 heavy (non-hydrogen) atoms. The van der Waals surface area contributed by atoms with Gasteiger partial charge in [0.25, 0.3) is 5.69 Å². The predicted molar refractivity (Wildman–Crippen MR) is 72.5 cm³/mol. The molecule has 5 nitrogen and oxygen atoms in total. The van der Waals surface area contributed by atoms with Crippen molar-refractivity contribution in [1.82, 2.24) is 5.32 Å². The standard InChI is InChI=1S/C14H18N2O3/c1-9-7-12(8-13(10(9)2)16(18)19)14(17)11-3-5-15-6-4-11/h7-8,11,15H,3-6H2,1-2H3. The minimum absolute atomic E-state index is 0.0111. The number of nitrogens with one attached hydrogen (secondary N) is 1. The van der Waals surface area contributed by atoms with Crippen molar-refractivity contribution in [1.29, 1.82) is 0 Å². The molecule has 0 bridgehead atoms. The van der Waals surface area contributed by atoms with Gasteiger partial charge in [0.2, 0.25) is 0 Å². The number of rotatable bonds is 3. The lowest BCUT2D eigenvalue weighted by atomic mass is 9.88. The summed E-state index contributed by atoms with van der Waals surface area (Å²) in [4.78, 5) is 23.0. The number of hydrogen-bond donors (Lipinski definition) is 1. The Morgan fingerprint density at radius 2 is 1.95 bits per heavy atom. The van der Waals surface area contributed by atoms with Crippen LogP contribution in [0.1, 0.15) is 34.3 Å². The van der Waals surface area contributed by atoms with Crippen LogP contribution in [0.2, 0.25) is 0 Å². The van der Waals surface area contributed by atoms with Gasteiger partial charge in [0, 0.05) is 23.1 Å². The van der Waals surface area contributed by atoms with Crippen LogP contribution in [0.25, 0.3) is 0 Å². The second kappa shape index (κ2) is 5.48. The van der Waals surface area contributed by atoms with E-state index in [0.717, 1.165) is 31.5 Å². The van der Waals surface area contributed by atoms with Gasteiger partial charge in [-0.1, -0.05) is 0 Å². The second-order valence-electron chi connectivity index (χ2n) is 5.08. The molecule has 1 aromatic carbocycles. The van der Waals surface area contributed by atoms with Gasteiger partial charge in [-0.15, -0.1) is 0 Å². The molecule has 5 heteroatoms. The summed E-state index contributed by atoms with van der Waals surface area (Å²) in [6, 6.07) is 3.19. The molecular formula is C14H18N2O3. The maximum absolute atomic E-state index is 12.4. The Labute approximate surface area is 112 Å². The fourth-order valence-electron chi connectivity index (χ4n) is 2.49. The van der Waals surface area contributed by atoms with Crippen LogP contribution in [0.15, 0.2) is 12.1 Å². The lowest BCUT2D eigenvalue weighted by Crippen LogP contribution is -2.31. The first kappa shape index (κ1) is 13.7. The molecule has 0 aliphatic carbocycles. The topological polar surface area (TPSA) is 72.2 Å². The number of carbonyl (C=O) groups is 1. The molecule has 1 aliphatic rings. The zero-order chi connectivity index (χ0) is 14.0. The lowest BCUT2D eigenvalue weighted by molar-refractivity contribution is -0.385. The van der Waals surface area contributed by atoms with Crippen LogP contribution in [-0.2, 0) is 0 Å². The zero-order valence-corrected chi connectivity index (χ0v) is 11.2. The fraction of sp³-hybridized carbons (Fsp3) is 0.500. The van der Waals surface area contributed by atoms with Crippen molar-refractivity contribution >= 4 is 11.5 Å². The van der Waals surface area contributed by atoms with E-state index in [-0.39, 0.29) is 17.4 Å². The normalized spacial score (nSPS) is 16.3. The summed E-state index contributed by atoms with van der Waals surface area (Å²) < 4.78 is 0. The summed E-state index contributed by atoms with van der Waals surface area (Å²) in [6.45, 7) is 5.19. The lowest BCUT2D eigenvalue weighted by Gasteiger charge is -2.21. The van der Waals surface area contributed by atoms with Crippen LogP contribution in [0.4, 0.5) is 5.69 Å². The average molecular weight is 262 g/mol. The molecule has 1 aliphatic heterocycles. The van der Waals surface area contributed by atoms with E-state index in [4.69, 9.17) is 0 Å². The summed E-state index contributed by atoms with van der Waals surface area (Å²) in [5, 5.41) is 14.2. The average Bonchev–Trinajstić information content (AvgIpc) is 2.41. The maximum atomic E-state index is 12.4. The molecule has 0 radical (unpaired) electrons. The maximum Gasteiger partial charge on any atom is 0.273 e. The highest BCUT2D eigenvalue weighted by atomic mass is 16.6. The minimum Gasteiger partial charge on any atom is -0.317 e. The Morgan fingerprint density at radius 3 is 2.53 bits per heavy atom. The molecule has 0 aromatic heterocycles. The Bertz CT molecular complexity index is 520. The summed E-state index contributed by atoms with van der Waals surface area (Å²) in [7, 11) is 0. The molecule has 0 atom stereocenters. The molecule has 1 saturated heterocycles. The highest BCUT2D eigenvalue weighted by Crippen LogP contribution is 2.26. The van der Waals surface area contributed by atoms with Gasteiger partial charge in [-0.25, -0.2) is 0 Å². The number of nitro benzene ring substituents is 1.